The van der Waals surface area contributed by atoms with Crippen LogP contribution in [0.4, 0.5) is 0 Å². The first-order chi connectivity index (χ1) is 7.88. The number of benzene rings is 1. The summed E-state index contributed by atoms with van der Waals surface area (Å²) >= 11 is 0. The van der Waals surface area contributed by atoms with Crippen LogP contribution in [0.15, 0.2) is 24.3 Å². The van der Waals surface area contributed by atoms with Gasteiger partial charge in [0.05, 0.1) is 18.5 Å². The maximum atomic E-state index is 10.9. The normalized spacial score (nSPS) is 13.4. The summed E-state index contributed by atoms with van der Waals surface area (Å²) < 4.78 is 27.1. The first-order valence-corrected chi connectivity index (χ1v) is 7.53. The second kappa shape index (κ2) is 6.02. The molecule has 0 spiro atoms. The monoisotopic (exact) mass is 258 g/mol. The van der Waals surface area contributed by atoms with Crippen LogP contribution in [0.25, 0.3) is 0 Å². The Morgan fingerprint density at radius 3 is 2.35 bits per heavy atom. The number of rotatable bonds is 6. The van der Waals surface area contributed by atoms with Crippen molar-refractivity contribution in [3.63, 3.8) is 0 Å². The molecule has 1 rings (SSSR count). The smallest absolute Gasteiger partial charge is 0.147 e. The van der Waals surface area contributed by atoms with E-state index in [1.165, 1.54) is 6.26 Å². The van der Waals surface area contributed by atoms with Crippen LogP contribution in [-0.2, 0) is 9.84 Å². The summed E-state index contributed by atoms with van der Waals surface area (Å²) in [5.74, 6) is 0.821. The van der Waals surface area contributed by atoms with E-state index in [9.17, 15) is 13.5 Å². The van der Waals surface area contributed by atoms with Gasteiger partial charge >= 0.3 is 0 Å². The quantitative estimate of drug-likeness (QED) is 0.786. The Kier molecular flexibility index (Phi) is 4.96. The lowest BCUT2D eigenvalue weighted by atomic mass is 10.1. The molecule has 0 amide bonds. The Bertz CT molecular complexity index is 434. The summed E-state index contributed by atoms with van der Waals surface area (Å²) in [7, 11) is -2.91. The molecule has 0 bridgehead atoms. The van der Waals surface area contributed by atoms with E-state index in [4.69, 9.17) is 4.74 Å². The molecule has 5 heteroatoms. The van der Waals surface area contributed by atoms with Crippen molar-refractivity contribution in [1.29, 1.82) is 0 Å². The molecule has 0 heterocycles. The lowest BCUT2D eigenvalue weighted by molar-refractivity contribution is 0.199. The number of hydrogen-bond donors (Lipinski definition) is 1. The van der Waals surface area contributed by atoms with Crippen LogP contribution >= 0.6 is 0 Å². The van der Waals surface area contributed by atoms with Gasteiger partial charge < -0.3 is 9.84 Å². The molecule has 96 valence electrons. The molecule has 0 aliphatic rings. The molecule has 1 aromatic carbocycles. The van der Waals surface area contributed by atoms with Gasteiger partial charge in [-0.1, -0.05) is 12.1 Å². The Balaban J connectivity index is 2.37. The fraction of sp³-hybridized carbons (Fsp3) is 0.500. The fourth-order valence-electron chi connectivity index (χ4n) is 1.35. The van der Waals surface area contributed by atoms with Crippen molar-refractivity contribution in [3.05, 3.63) is 29.8 Å². The van der Waals surface area contributed by atoms with Crippen molar-refractivity contribution in [2.75, 3.05) is 18.6 Å². The lowest BCUT2D eigenvalue weighted by Gasteiger charge is -2.08. The predicted molar refractivity (Wildman–Crippen MR) is 66.9 cm³/mol. The van der Waals surface area contributed by atoms with Crippen LogP contribution in [0.2, 0.25) is 0 Å². The van der Waals surface area contributed by atoms with Crippen molar-refractivity contribution in [2.45, 2.75) is 19.4 Å². The van der Waals surface area contributed by atoms with Gasteiger partial charge in [0.15, 0.2) is 0 Å². The Hall–Kier alpha value is -1.07. The van der Waals surface area contributed by atoms with Crippen LogP contribution in [0.5, 0.6) is 5.75 Å². The van der Waals surface area contributed by atoms with Gasteiger partial charge in [-0.2, -0.15) is 0 Å². The number of sulfone groups is 1. The molecule has 1 unspecified atom stereocenters. The zero-order valence-electron chi connectivity index (χ0n) is 10.1. The van der Waals surface area contributed by atoms with Crippen molar-refractivity contribution >= 4 is 9.84 Å². The second-order valence-electron chi connectivity index (χ2n) is 4.08. The molecule has 0 saturated heterocycles. The standard InChI is InChI=1S/C12H18O4S/c1-10(13)11-4-6-12(7-5-11)16-8-3-9-17(2,14)15/h4-7,10,13H,3,8-9H2,1-2H3. The van der Waals surface area contributed by atoms with E-state index >= 15 is 0 Å². The first-order valence-electron chi connectivity index (χ1n) is 5.47. The van der Waals surface area contributed by atoms with Crippen molar-refractivity contribution in [3.8, 4) is 5.75 Å². The highest BCUT2D eigenvalue weighted by molar-refractivity contribution is 7.90. The van der Waals surface area contributed by atoms with E-state index in [0.29, 0.717) is 18.8 Å². The predicted octanol–water partition coefficient (Wildman–Crippen LogP) is 1.55. The fourth-order valence-corrected chi connectivity index (χ4v) is 2.00. The van der Waals surface area contributed by atoms with Crippen LogP contribution in [0, 0.1) is 0 Å². The number of aliphatic hydroxyl groups excluding tert-OH is 1. The van der Waals surface area contributed by atoms with Crippen molar-refractivity contribution in [2.24, 2.45) is 0 Å². The third kappa shape index (κ3) is 5.70. The highest BCUT2D eigenvalue weighted by atomic mass is 32.2. The van der Waals surface area contributed by atoms with Crippen molar-refractivity contribution in [1.82, 2.24) is 0 Å². The Morgan fingerprint density at radius 2 is 1.88 bits per heavy atom. The van der Waals surface area contributed by atoms with Gasteiger partial charge in [-0.15, -0.1) is 0 Å². The second-order valence-corrected chi connectivity index (χ2v) is 6.34. The summed E-state index contributed by atoms with van der Waals surface area (Å²) in [6.45, 7) is 2.07. The minimum absolute atomic E-state index is 0.138. The molecule has 0 saturated carbocycles. The van der Waals surface area contributed by atoms with Gasteiger partial charge in [-0.25, -0.2) is 8.42 Å². The van der Waals surface area contributed by atoms with Crippen LogP contribution in [0.3, 0.4) is 0 Å². The lowest BCUT2D eigenvalue weighted by Crippen LogP contribution is -2.08. The van der Waals surface area contributed by atoms with E-state index in [2.05, 4.69) is 0 Å². The van der Waals surface area contributed by atoms with Gasteiger partial charge in [0.2, 0.25) is 0 Å². The Morgan fingerprint density at radius 1 is 1.29 bits per heavy atom. The number of hydrogen-bond acceptors (Lipinski definition) is 4. The summed E-state index contributed by atoms with van der Waals surface area (Å²) in [5.41, 5.74) is 0.827. The zero-order valence-corrected chi connectivity index (χ0v) is 10.9. The minimum Gasteiger partial charge on any atom is -0.494 e. The molecular weight excluding hydrogens is 240 g/mol. The number of aliphatic hydroxyl groups is 1. The summed E-state index contributed by atoms with van der Waals surface area (Å²) in [4.78, 5) is 0. The molecule has 4 nitrogen and oxygen atoms in total. The third-order valence-corrected chi connectivity index (χ3v) is 3.32. The minimum atomic E-state index is -2.91. The topological polar surface area (TPSA) is 63.6 Å². The zero-order chi connectivity index (χ0) is 12.9. The molecular formula is C12H18O4S. The first kappa shape index (κ1) is 14.0. The molecule has 0 radical (unpaired) electrons. The molecule has 1 N–H and O–H groups in total. The maximum Gasteiger partial charge on any atom is 0.147 e. The van der Waals surface area contributed by atoms with Gasteiger partial charge in [-0.05, 0) is 31.0 Å². The molecule has 0 aliphatic carbocycles. The highest BCUT2D eigenvalue weighted by Gasteiger charge is 2.03. The number of ether oxygens (including phenoxy) is 1. The molecule has 1 atom stereocenters. The van der Waals surface area contributed by atoms with Gasteiger partial charge in [-0.3, -0.25) is 0 Å². The SMILES string of the molecule is CC(O)c1ccc(OCCCS(C)(=O)=O)cc1. The van der Waals surface area contributed by atoms with E-state index in [1.807, 2.05) is 0 Å². The van der Waals surface area contributed by atoms with E-state index in [0.717, 1.165) is 5.56 Å². The van der Waals surface area contributed by atoms with Crippen molar-refractivity contribution < 1.29 is 18.3 Å². The average molecular weight is 258 g/mol. The maximum absolute atomic E-state index is 10.9. The van der Waals surface area contributed by atoms with E-state index in [-0.39, 0.29) is 5.75 Å². The largest absolute Gasteiger partial charge is 0.494 e. The molecule has 0 aliphatic heterocycles. The Labute approximate surface area is 102 Å². The summed E-state index contributed by atoms with van der Waals surface area (Å²) in [6, 6.07) is 7.11. The van der Waals surface area contributed by atoms with E-state index in [1.54, 1.807) is 31.2 Å². The van der Waals surface area contributed by atoms with Crippen LogP contribution in [0.1, 0.15) is 25.0 Å². The van der Waals surface area contributed by atoms with E-state index < -0.39 is 15.9 Å². The highest BCUT2D eigenvalue weighted by Crippen LogP contribution is 2.17. The van der Waals surface area contributed by atoms with Gasteiger partial charge in [0.1, 0.15) is 15.6 Å². The molecule has 0 fully saturated rings. The van der Waals surface area contributed by atoms with Crippen LogP contribution < -0.4 is 4.74 Å². The average Bonchev–Trinajstić information content (AvgIpc) is 2.24. The van der Waals surface area contributed by atoms with Gasteiger partial charge in [0.25, 0.3) is 0 Å². The summed E-state index contributed by atoms with van der Waals surface area (Å²) in [5, 5.41) is 9.31. The molecule has 17 heavy (non-hydrogen) atoms. The third-order valence-electron chi connectivity index (χ3n) is 2.29. The molecule has 0 aromatic heterocycles. The molecule has 1 aromatic rings. The summed E-state index contributed by atoms with van der Waals surface area (Å²) in [6.07, 6.45) is 1.20. The van der Waals surface area contributed by atoms with Crippen LogP contribution in [-0.4, -0.2) is 32.1 Å². The van der Waals surface area contributed by atoms with Gasteiger partial charge in [0, 0.05) is 6.26 Å².